The van der Waals surface area contributed by atoms with E-state index in [2.05, 4.69) is 0 Å². The number of aryl methyl sites for hydroxylation is 1. The minimum Gasteiger partial charge on any atom is -0.423 e. The maximum Gasteiger partial charge on any atom is 0.337 e. The van der Waals surface area contributed by atoms with Gasteiger partial charge in [-0.3, -0.25) is 0 Å². The Labute approximate surface area is 119 Å². The molecular formula is C16H11FO2S. The van der Waals surface area contributed by atoms with Crippen molar-refractivity contribution in [2.24, 2.45) is 0 Å². The average molecular weight is 286 g/mol. The van der Waals surface area contributed by atoms with Crippen LogP contribution in [0.2, 0.25) is 0 Å². The summed E-state index contributed by atoms with van der Waals surface area (Å²) >= 11 is 1.44. The molecule has 0 aliphatic heterocycles. The second-order valence-electron chi connectivity index (χ2n) is 4.44. The molecule has 0 radical (unpaired) electrons. The summed E-state index contributed by atoms with van der Waals surface area (Å²) in [5, 5.41) is 0.609. The van der Waals surface area contributed by atoms with Crippen LogP contribution >= 0.6 is 11.8 Å². The van der Waals surface area contributed by atoms with Crippen LogP contribution < -0.4 is 5.63 Å². The first kappa shape index (κ1) is 12.9. The normalized spacial score (nSPS) is 10.9. The van der Waals surface area contributed by atoms with Crippen LogP contribution in [0, 0.1) is 12.7 Å². The number of rotatable bonds is 2. The van der Waals surface area contributed by atoms with Crippen LogP contribution in [0.25, 0.3) is 11.0 Å². The number of benzene rings is 2. The maximum atomic E-state index is 13.4. The van der Waals surface area contributed by atoms with Crippen LogP contribution in [0.4, 0.5) is 4.39 Å². The largest absolute Gasteiger partial charge is 0.423 e. The van der Waals surface area contributed by atoms with Crippen LogP contribution in [0.3, 0.4) is 0 Å². The van der Waals surface area contributed by atoms with Gasteiger partial charge in [0.25, 0.3) is 0 Å². The van der Waals surface area contributed by atoms with Crippen molar-refractivity contribution >= 4 is 22.7 Å². The average Bonchev–Trinajstić information content (AvgIpc) is 2.42. The number of halogens is 1. The molecule has 2 nitrogen and oxygen atoms in total. The van der Waals surface area contributed by atoms with Crippen molar-refractivity contribution in [3.8, 4) is 0 Å². The van der Waals surface area contributed by atoms with Gasteiger partial charge in [-0.05, 0) is 36.8 Å². The molecule has 0 spiro atoms. The number of hydrogen-bond donors (Lipinski definition) is 0. The monoisotopic (exact) mass is 286 g/mol. The minimum absolute atomic E-state index is 0.349. The topological polar surface area (TPSA) is 30.2 Å². The third-order valence-electron chi connectivity index (χ3n) is 2.98. The van der Waals surface area contributed by atoms with Crippen molar-refractivity contribution in [1.82, 2.24) is 0 Å². The summed E-state index contributed by atoms with van der Waals surface area (Å²) in [5.41, 5.74) is 1.07. The Kier molecular flexibility index (Phi) is 3.32. The zero-order valence-corrected chi connectivity index (χ0v) is 11.5. The van der Waals surface area contributed by atoms with Gasteiger partial charge in [0.05, 0.1) is 0 Å². The van der Waals surface area contributed by atoms with Gasteiger partial charge < -0.3 is 4.42 Å². The van der Waals surface area contributed by atoms with Gasteiger partial charge in [0.1, 0.15) is 11.4 Å². The van der Waals surface area contributed by atoms with E-state index in [9.17, 15) is 9.18 Å². The highest BCUT2D eigenvalue weighted by Gasteiger charge is 2.09. The van der Waals surface area contributed by atoms with Crippen molar-refractivity contribution in [3.05, 3.63) is 70.3 Å². The quantitative estimate of drug-likeness (QED) is 0.654. The van der Waals surface area contributed by atoms with Crippen molar-refractivity contribution in [3.63, 3.8) is 0 Å². The van der Waals surface area contributed by atoms with E-state index in [4.69, 9.17) is 4.42 Å². The highest BCUT2D eigenvalue weighted by molar-refractivity contribution is 7.99. The van der Waals surface area contributed by atoms with E-state index >= 15 is 0 Å². The van der Waals surface area contributed by atoms with Gasteiger partial charge in [0.15, 0.2) is 0 Å². The number of fused-ring (bicyclic) bond motifs is 1. The fourth-order valence-electron chi connectivity index (χ4n) is 1.98. The summed E-state index contributed by atoms with van der Waals surface area (Å²) in [6.45, 7) is 2.00. The molecule has 3 rings (SSSR count). The molecule has 0 fully saturated rings. The highest BCUT2D eigenvalue weighted by atomic mass is 32.2. The lowest BCUT2D eigenvalue weighted by atomic mass is 10.2. The Morgan fingerprint density at radius 3 is 2.65 bits per heavy atom. The predicted molar refractivity (Wildman–Crippen MR) is 77.7 cm³/mol. The molecule has 0 atom stereocenters. The second kappa shape index (κ2) is 5.13. The molecule has 4 heteroatoms. The Hall–Kier alpha value is -2.07. The SMILES string of the molecule is Cc1ccccc1Sc1cc(=O)oc2ccc(F)cc12. The fourth-order valence-corrected chi connectivity index (χ4v) is 3.02. The van der Waals surface area contributed by atoms with Crippen LogP contribution in [0.1, 0.15) is 5.56 Å². The van der Waals surface area contributed by atoms with Gasteiger partial charge in [0, 0.05) is 21.2 Å². The van der Waals surface area contributed by atoms with E-state index in [1.54, 1.807) is 0 Å². The van der Waals surface area contributed by atoms with E-state index in [1.807, 2.05) is 31.2 Å². The summed E-state index contributed by atoms with van der Waals surface area (Å²) in [7, 11) is 0. The van der Waals surface area contributed by atoms with Crippen LogP contribution in [-0.2, 0) is 0 Å². The van der Waals surface area contributed by atoms with E-state index in [0.717, 1.165) is 10.5 Å². The Morgan fingerprint density at radius 1 is 1.05 bits per heavy atom. The second-order valence-corrected chi connectivity index (χ2v) is 5.52. The van der Waals surface area contributed by atoms with Crippen LogP contribution in [0.5, 0.6) is 0 Å². The molecule has 0 saturated carbocycles. The smallest absolute Gasteiger partial charge is 0.337 e. The number of hydrogen-bond acceptors (Lipinski definition) is 3. The summed E-state index contributed by atoms with van der Waals surface area (Å²) in [6, 6.07) is 13.4. The molecule has 0 aliphatic carbocycles. The minimum atomic E-state index is -0.430. The molecule has 2 aromatic carbocycles. The van der Waals surface area contributed by atoms with E-state index in [0.29, 0.717) is 15.9 Å². The molecule has 1 aromatic heterocycles. The lowest BCUT2D eigenvalue weighted by Gasteiger charge is -2.07. The zero-order chi connectivity index (χ0) is 14.1. The molecular weight excluding hydrogens is 275 g/mol. The molecule has 0 N–H and O–H groups in total. The molecule has 0 unspecified atom stereocenters. The predicted octanol–water partition coefficient (Wildman–Crippen LogP) is 4.39. The van der Waals surface area contributed by atoms with Crippen molar-refractivity contribution in [1.29, 1.82) is 0 Å². The van der Waals surface area contributed by atoms with Crippen LogP contribution in [0.15, 0.2) is 67.5 Å². The first-order valence-electron chi connectivity index (χ1n) is 6.10. The Morgan fingerprint density at radius 2 is 1.85 bits per heavy atom. The Bertz CT molecular complexity index is 839. The van der Waals surface area contributed by atoms with Gasteiger partial charge in [-0.25, -0.2) is 9.18 Å². The molecule has 0 amide bonds. The summed E-state index contributed by atoms with van der Waals surface area (Å²) in [5.74, 6) is -0.349. The van der Waals surface area contributed by atoms with E-state index < -0.39 is 5.63 Å². The third kappa shape index (κ3) is 2.47. The van der Waals surface area contributed by atoms with Gasteiger partial charge in [0.2, 0.25) is 0 Å². The third-order valence-corrected chi connectivity index (χ3v) is 4.22. The summed E-state index contributed by atoms with van der Waals surface area (Å²) in [4.78, 5) is 13.3. The van der Waals surface area contributed by atoms with Crippen molar-refractivity contribution in [2.75, 3.05) is 0 Å². The maximum absolute atomic E-state index is 13.4. The first-order valence-corrected chi connectivity index (χ1v) is 6.92. The summed E-state index contributed by atoms with van der Waals surface area (Å²) < 4.78 is 18.5. The molecule has 0 saturated heterocycles. The Balaban J connectivity index is 2.18. The van der Waals surface area contributed by atoms with Gasteiger partial charge >= 0.3 is 5.63 Å². The summed E-state index contributed by atoms with van der Waals surface area (Å²) in [6.07, 6.45) is 0. The fraction of sp³-hybridized carbons (Fsp3) is 0.0625. The standard InChI is InChI=1S/C16H11FO2S/c1-10-4-2-3-5-14(10)20-15-9-16(18)19-13-7-6-11(17)8-12(13)15/h2-9H,1H3. The molecule has 1 heterocycles. The van der Waals surface area contributed by atoms with Gasteiger partial charge in [-0.15, -0.1) is 0 Å². The lowest BCUT2D eigenvalue weighted by Crippen LogP contribution is -1.97. The van der Waals surface area contributed by atoms with E-state index in [1.165, 1.54) is 36.0 Å². The van der Waals surface area contributed by atoms with Crippen LogP contribution in [-0.4, -0.2) is 0 Å². The molecule has 20 heavy (non-hydrogen) atoms. The van der Waals surface area contributed by atoms with Gasteiger partial charge in [-0.2, -0.15) is 0 Å². The lowest BCUT2D eigenvalue weighted by molar-refractivity contribution is 0.555. The van der Waals surface area contributed by atoms with Gasteiger partial charge in [-0.1, -0.05) is 30.0 Å². The molecule has 0 aliphatic rings. The molecule has 100 valence electrons. The molecule has 0 bridgehead atoms. The van der Waals surface area contributed by atoms with Crippen molar-refractivity contribution < 1.29 is 8.81 Å². The van der Waals surface area contributed by atoms with Crippen molar-refractivity contribution in [2.45, 2.75) is 16.7 Å². The first-order chi connectivity index (χ1) is 9.63. The van der Waals surface area contributed by atoms with E-state index in [-0.39, 0.29) is 5.82 Å². The highest BCUT2D eigenvalue weighted by Crippen LogP contribution is 2.34. The molecule has 3 aromatic rings. The zero-order valence-electron chi connectivity index (χ0n) is 10.7.